The van der Waals surface area contributed by atoms with E-state index in [-0.39, 0.29) is 28.7 Å². The highest BCUT2D eigenvalue weighted by molar-refractivity contribution is 6.30. The molecule has 4 rings (SSSR count). The fourth-order valence-electron chi connectivity index (χ4n) is 3.53. The van der Waals surface area contributed by atoms with Gasteiger partial charge in [0, 0.05) is 18.8 Å². The van der Waals surface area contributed by atoms with Crippen LogP contribution in [0.25, 0.3) is 11.4 Å². The Morgan fingerprint density at radius 2 is 2.09 bits per heavy atom. The Hall–Kier alpha value is -4.04. The maximum Gasteiger partial charge on any atom is 0.413 e. The van der Waals surface area contributed by atoms with Gasteiger partial charge in [-0.05, 0) is 38.0 Å². The summed E-state index contributed by atoms with van der Waals surface area (Å²) < 4.78 is 6.80. The summed E-state index contributed by atoms with van der Waals surface area (Å²) >= 11 is 6.07. The zero-order valence-electron chi connectivity index (χ0n) is 18.4. The van der Waals surface area contributed by atoms with E-state index in [0.29, 0.717) is 29.1 Å². The minimum absolute atomic E-state index is 0.195. The molecule has 2 N–H and O–H groups in total. The van der Waals surface area contributed by atoms with Crippen molar-refractivity contribution in [3.05, 3.63) is 47.4 Å². The van der Waals surface area contributed by atoms with Crippen molar-refractivity contribution in [1.82, 2.24) is 25.0 Å². The fourth-order valence-corrected chi connectivity index (χ4v) is 3.81. The summed E-state index contributed by atoms with van der Waals surface area (Å²) in [5, 5.41) is 22.7. The van der Waals surface area contributed by atoms with Crippen LogP contribution >= 0.6 is 11.6 Å². The third-order valence-electron chi connectivity index (χ3n) is 5.61. The molecule has 0 bridgehead atoms. The second-order valence-electron chi connectivity index (χ2n) is 7.81. The minimum atomic E-state index is -0.726. The first-order valence-electron chi connectivity index (χ1n) is 10.5. The fraction of sp³-hybridized carbons (Fsp3) is 0.318. The van der Waals surface area contributed by atoms with Crippen molar-refractivity contribution in [2.45, 2.75) is 25.9 Å². The molecule has 0 saturated heterocycles. The summed E-state index contributed by atoms with van der Waals surface area (Å²) in [6.07, 6.45) is 3.11. The number of nitriles is 1. The van der Waals surface area contributed by atoms with Crippen LogP contribution < -0.4 is 10.6 Å². The molecule has 0 radical (unpaired) electrons. The van der Waals surface area contributed by atoms with Crippen LogP contribution in [0.15, 0.2) is 36.7 Å². The molecule has 1 fully saturated rings. The number of carbonyl (C=O) groups is 2. The van der Waals surface area contributed by atoms with Crippen LogP contribution in [0.4, 0.5) is 16.3 Å². The molecule has 174 valence electrons. The molecule has 1 aliphatic rings. The molecule has 1 saturated carbocycles. The van der Waals surface area contributed by atoms with Crippen molar-refractivity contribution in [2.24, 2.45) is 18.9 Å². The summed E-state index contributed by atoms with van der Waals surface area (Å²) in [6.45, 7) is 1.68. The van der Waals surface area contributed by atoms with Crippen molar-refractivity contribution in [3.8, 4) is 17.5 Å². The number of carbonyl (C=O) groups excluding carboxylic acids is 2. The van der Waals surface area contributed by atoms with Gasteiger partial charge in [-0.15, -0.1) is 5.10 Å². The number of anilines is 2. The summed E-state index contributed by atoms with van der Waals surface area (Å²) in [7, 11) is 1.62. The topological polar surface area (TPSA) is 148 Å². The van der Waals surface area contributed by atoms with Crippen LogP contribution in [0.2, 0.25) is 5.15 Å². The minimum Gasteiger partial charge on any atom is -0.441 e. The average molecular weight is 481 g/mol. The molecule has 0 aliphatic heterocycles. The highest BCUT2D eigenvalue weighted by Gasteiger charge is 2.36. The van der Waals surface area contributed by atoms with Gasteiger partial charge in [-0.3, -0.25) is 15.1 Å². The SMILES string of the molecule is C[C@@H](OC(=O)Nc1c(-c2ccc(NC(=O)C3CCC3C#N)cn2)nnn1C)c1cccnc1Cl. The highest BCUT2D eigenvalue weighted by atomic mass is 35.5. The molecule has 34 heavy (non-hydrogen) atoms. The molecule has 2 unspecified atom stereocenters. The normalized spacial score (nSPS) is 17.7. The van der Waals surface area contributed by atoms with E-state index in [0.717, 1.165) is 6.42 Å². The van der Waals surface area contributed by atoms with Gasteiger partial charge < -0.3 is 10.1 Å². The van der Waals surface area contributed by atoms with Gasteiger partial charge in [0.25, 0.3) is 0 Å². The predicted molar refractivity (Wildman–Crippen MR) is 122 cm³/mol. The third kappa shape index (κ3) is 4.82. The first kappa shape index (κ1) is 23.1. The first-order chi connectivity index (χ1) is 16.4. The number of ether oxygens (including phenoxy) is 1. The highest BCUT2D eigenvalue weighted by Crippen LogP contribution is 2.34. The Bertz CT molecular complexity index is 1250. The molecule has 3 aromatic heterocycles. The number of aromatic nitrogens is 5. The number of hydrogen-bond donors (Lipinski definition) is 2. The van der Waals surface area contributed by atoms with Gasteiger partial charge >= 0.3 is 6.09 Å². The van der Waals surface area contributed by atoms with Crippen LogP contribution in [0.1, 0.15) is 31.4 Å². The molecule has 3 atom stereocenters. The number of rotatable bonds is 6. The lowest BCUT2D eigenvalue weighted by Gasteiger charge is -2.29. The monoisotopic (exact) mass is 480 g/mol. The molecule has 2 amide bonds. The lowest BCUT2D eigenvalue weighted by atomic mass is 9.74. The van der Waals surface area contributed by atoms with Crippen molar-refractivity contribution < 1.29 is 14.3 Å². The number of nitrogens with zero attached hydrogens (tertiary/aromatic N) is 6. The number of pyridine rings is 2. The second kappa shape index (κ2) is 9.84. The van der Waals surface area contributed by atoms with E-state index in [2.05, 4.69) is 37.0 Å². The molecule has 3 heterocycles. The van der Waals surface area contributed by atoms with Gasteiger partial charge in [0.1, 0.15) is 11.3 Å². The Labute approximate surface area is 200 Å². The molecule has 1 aliphatic carbocycles. The zero-order valence-corrected chi connectivity index (χ0v) is 19.2. The summed E-state index contributed by atoms with van der Waals surface area (Å²) in [5.74, 6) is -0.447. The lowest BCUT2D eigenvalue weighted by Crippen LogP contribution is -2.35. The molecule has 12 heteroatoms. The molecule has 3 aromatic rings. The van der Waals surface area contributed by atoms with Gasteiger partial charge in [-0.1, -0.05) is 22.9 Å². The van der Waals surface area contributed by atoms with Crippen LogP contribution in [0.5, 0.6) is 0 Å². The van der Waals surface area contributed by atoms with Crippen LogP contribution in [-0.2, 0) is 16.6 Å². The molecular weight excluding hydrogens is 460 g/mol. The number of amides is 2. The molecule has 11 nitrogen and oxygen atoms in total. The van der Waals surface area contributed by atoms with E-state index in [1.165, 1.54) is 10.9 Å². The van der Waals surface area contributed by atoms with Gasteiger partial charge in [0.15, 0.2) is 11.5 Å². The van der Waals surface area contributed by atoms with Crippen molar-refractivity contribution in [3.63, 3.8) is 0 Å². The van der Waals surface area contributed by atoms with E-state index in [9.17, 15) is 9.59 Å². The lowest BCUT2D eigenvalue weighted by molar-refractivity contribution is -0.123. The maximum absolute atomic E-state index is 12.5. The van der Waals surface area contributed by atoms with E-state index < -0.39 is 12.2 Å². The maximum atomic E-state index is 12.5. The molecular formula is C22H21ClN8O3. The Balaban J connectivity index is 1.43. The summed E-state index contributed by atoms with van der Waals surface area (Å²) in [4.78, 5) is 33.1. The Kier molecular flexibility index (Phi) is 6.70. The standard InChI is InChI=1S/C22H21ClN8O3/c1-12(15-4-3-9-25-19(15)23)34-22(33)28-20-18(29-30-31(20)2)17-8-6-14(11-26-17)27-21(32)16-7-5-13(16)10-24/h3-4,6,8-9,11-13,16H,5,7H2,1-2H3,(H,27,32)(H,28,33)/t12-,13?,16?/m1/s1. The first-order valence-corrected chi connectivity index (χ1v) is 10.9. The molecule has 0 aromatic carbocycles. The Morgan fingerprint density at radius 3 is 2.74 bits per heavy atom. The number of nitrogens with one attached hydrogen (secondary N) is 2. The van der Waals surface area contributed by atoms with Gasteiger partial charge in [-0.25, -0.2) is 14.5 Å². The zero-order chi connectivity index (χ0) is 24.2. The van der Waals surface area contributed by atoms with Crippen molar-refractivity contribution in [2.75, 3.05) is 10.6 Å². The number of aryl methyl sites for hydroxylation is 1. The number of halogens is 1. The van der Waals surface area contributed by atoms with Gasteiger partial charge in [-0.2, -0.15) is 5.26 Å². The van der Waals surface area contributed by atoms with Crippen molar-refractivity contribution >= 4 is 35.1 Å². The van der Waals surface area contributed by atoms with Crippen LogP contribution in [0, 0.1) is 23.2 Å². The summed E-state index contributed by atoms with van der Waals surface area (Å²) in [5.41, 5.74) is 1.83. The molecule has 0 spiro atoms. The van der Waals surface area contributed by atoms with E-state index in [1.807, 2.05) is 0 Å². The second-order valence-corrected chi connectivity index (χ2v) is 8.17. The Morgan fingerprint density at radius 1 is 1.26 bits per heavy atom. The third-order valence-corrected chi connectivity index (χ3v) is 5.92. The van der Waals surface area contributed by atoms with Gasteiger partial charge in [0.2, 0.25) is 5.91 Å². The van der Waals surface area contributed by atoms with Crippen molar-refractivity contribution in [1.29, 1.82) is 5.26 Å². The van der Waals surface area contributed by atoms with Crippen LogP contribution in [0.3, 0.4) is 0 Å². The smallest absolute Gasteiger partial charge is 0.413 e. The van der Waals surface area contributed by atoms with E-state index in [4.69, 9.17) is 21.6 Å². The summed E-state index contributed by atoms with van der Waals surface area (Å²) in [6, 6.07) is 8.89. The number of hydrogen-bond acceptors (Lipinski definition) is 8. The van der Waals surface area contributed by atoms with Crippen LogP contribution in [-0.4, -0.2) is 37.0 Å². The largest absolute Gasteiger partial charge is 0.441 e. The predicted octanol–water partition coefficient (Wildman–Crippen LogP) is 3.72. The van der Waals surface area contributed by atoms with E-state index in [1.54, 1.807) is 44.4 Å². The average Bonchev–Trinajstić information content (AvgIpc) is 3.14. The van der Waals surface area contributed by atoms with Gasteiger partial charge in [0.05, 0.1) is 35.5 Å². The quantitative estimate of drug-likeness (QED) is 0.507. The van der Waals surface area contributed by atoms with E-state index >= 15 is 0 Å².